The summed E-state index contributed by atoms with van der Waals surface area (Å²) >= 11 is 3.49. The molecule has 2 heterocycles. The predicted molar refractivity (Wildman–Crippen MR) is 97.8 cm³/mol. The normalized spacial score (nSPS) is 14.8. The number of aryl methyl sites for hydroxylation is 2. The molecule has 0 saturated heterocycles. The Morgan fingerprint density at radius 3 is 2.42 bits per heavy atom. The van der Waals surface area contributed by atoms with Gasteiger partial charge in [-0.1, -0.05) is 31.5 Å². The van der Waals surface area contributed by atoms with Crippen molar-refractivity contribution in [1.82, 2.24) is 9.97 Å². The Morgan fingerprint density at radius 2 is 1.85 bits per heavy atom. The Labute approximate surface area is 157 Å². The molecule has 2 aromatic rings. The van der Waals surface area contributed by atoms with Gasteiger partial charge in [0.2, 0.25) is 0 Å². The molecule has 26 heavy (non-hydrogen) atoms. The van der Waals surface area contributed by atoms with Crippen molar-refractivity contribution >= 4 is 45.1 Å². The number of fused-ring (bicyclic) bond motifs is 3. The molecule has 0 saturated carbocycles. The monoisotopic (exact) mass is 407 g/mol. The Kier molecular flexibility index (Phi) is 7.10. The van der Waals surface area contributed by atoms with Crippen LogP contribution in [0, 0.1) is 0 Å². The number of carboxylic acid groups (broad SMARTS) is 1. The lowest BCUT2D eigenvalue weighted by Gasteiger charge is -2.09. The van der Waals surface area contributed by atoms with Gasteiger partial charge < -0.3 is 10.8 Å². The Balaban J connectivity index is 0.000000298. The van der Waals surface area contributed by atoms with E-state index < -0.39 is 12.1 Å². The number of thioether (sulfide) groups is 1. The van der Waals surface area contributed by atoms with E-state index in [1.54, 1.807) is 11.8 Å². The number of rotatable bonds is 2. The van der Waals surface area contributed by atoms with E-state index in [2.05, 4.69) is 16.9 Å². The lowest BCUT2D eigenvalue weighted by molar-refractivity contribution is -0.192. The molecule has 0 aromatic carbocycles. The van der Waals surface area contributed by atoms with Crippen LogP contribution in [0.3, 0.4) is 0 Å². The molecule has 2 aromatic heterocycles. The van der Waals surface area contributed by atoms with Gasteiger partial charge in [-0.25, -0.2) is 14.8 Å². The minimum Gasteiger partial charge on any atom is -0.475 e. The molecule has 5 nitrogen and oxygen atoms in total. The second-order valence-electron chi connectivity index (χ2n) is 5.73. The van der Waals surface area contributed by atoms with Crippen LogP contribution in [0.5, 0.6) is 0 Å². The lowest BCUT2D eigenvalue weighted by atomic mass is 9.98. The third kappa shape index (κ3) is 5.23. The highest BCUT2D eigenvalue weighted by Crippen LogP contribution is 2.37. The highest BCUT2D eigenvalue weighted by atomic mass is 32.2. The fraction of sp³-hybridized carbons (Fsp3) is 0.562. The van der Waals surface area contributed by atoms with E-state index in [9.17, 15) is 13.2 Å². The fourth-order valence-corrected chi connectivity index (χ4v) is 4.62. The van der Waals surface area contributed by atoms with Gasteiger partial charge in [-0.3, -0.25) is 0 Å². The first-order chi connectivity index (χ1) is 12.2. The molecule has 0 atom stereocenters. The second-order valence-corrected chi connectivity index (χ2v) is 8.04. The van der Waals surface area contributed by atoms with Crippen LogP contribution in [0.2, 0.25) is 0 Å². The molecule has 0 spiro atoms. The average molecular weight is 407 g/mol. The smallest absolute Gasteiger partial charge is 0.475 e. The molecule has 0 fully saturated rings. The fourth-order valence-electron chi connectivity index (χ4n) is 2.71. The van der Waals surface area contributed by atoms with Gasteiger partial charge in [0.25, 0.3) is 0 Å². The molecular weight excluding hydrogens is 387 g/mol. The van der Waals surface area contributed by atoms with Crippen LogP contribution in [0.1, 0.15) is 43.0 Å². The number of carbonyl (C=O) groups is 1. The first kappa shape index (κ1) is 20.8. The summed E-state index contributed by atoms with van der Waals surface area (Å²) in [7, 11) is 0. The summed E-state index contributed by atoms with van der Waals surface area (Å²) in [5.41, 5.74) is 7.62. The van der Waals surface area contributed by atoms with Gasteiger partial charge in [0, 0.05) is 4.88 Å². The van der Waals surface area contributed by atoms with Crippen molar-refractivity contribution in [1.29, 1.82) is 0 Å². The zero-order valence-electron chi connectivity index (χ0n) is 14.2. The summed E-state index contributed by atoms with van der Waals surface area (Å²) in [6.45, 7) is 2.11. The maximum absolute atomic E-state index is 10.6. The molecule has 0 unspecified atom stereocenters. The van der Waals surface area contributed by atoms with E-state index in [1.807, 2.05) is 11.3 Å². The number of nitrogens with zero attached hydrogens (tertiary/aromatic N) is 2. The molecule has 0 radical (unpaired) electrons. The van der Waals surface area contributed by atoms with Crippen molar-refractivity contribution in [3.63, 3.8) is 0 Å². The van der Waals surface area contributed by atoms with Gasteiger partial charge >= 0.3 is 12.1 Å². The quantitative estimate of drug-likeness (QED) is 0.555. The van der Waals surface area contributed by atoms with Crippen LogP contribution in [-0.2, 0) is 17.6 Å². The molecule has 0 amide bonds. The molecular formula is C16H20F3N3O2S2. The van der Waals surface area contributed by atoms with Crippen molar-refractivity contribution in [2.75, 3.05) is 11.5 Å². The molecule has 1 aliphatic carbocycles. The number of anilines is 1. The van der Waals surface area contributed by atoms with Crippen molar-refractivity contribution in [3.8, 4) is 0 Å². The lowest BCUT2D eigenvalue weighted by Crippen LogP contribution is -2.21. The second kappa shape index (κ2) is 8.90. The van der Waals surface area contributed by atoms with Crippen LogP contribution in [-0.4, -0.2) is 33.0 Å². The van der Waals surface area contributed by atoms with Crippen LogP contribution in [0.4, 0.5) is 19.0 Å². The van der Waals surface area contributed by atoms with Crippen molar-refractivity contribution < 1.29 is 23.1 Å². The minimum absolute atomic E-state index is 0.680. The number of alkyl halides is 3. The first-order valence-electron chi connectivity index (χ1n) is 8.24. The number of aromatic nitrogens is 2. The van der Waals surface area contributed by atoms with Crippen LogP contribution in [0.25, 0.3) is 10.2 Å². The highest BCUT2D eigenvalue weighted by Gasteiger charge is 2.38. The third-order valence-electron chi connectivity index (χ3n) is 3.84. The van der Waals surface area contributed by atoms with Gasteiger partial charge in [-0.2, -0.15) is 13.2 Å². The molecule has 1 aliphatic rings. The number of carboxylic acids is 1. The molecule has 0 bridgehead atoms. The predicted octanol–water partition coefficient (Wildman–Crippen LogP) is 4.68. The van der Waals surface area contributed by atoms with E-state index in [0.29, 0.717) is 5.82 Å². The highest BCUT2D eigenvalue weighted by molar-refractivity contribution is 7.99. The van der Waals surface area contributed by atoms with E-state index in [4.69, 9.17) is 15.6 Å². The van der Waals surface area contributed by atoms with Crippen LogP contribution >= 0.6 is 23.1 Å². The SMILES string of the molecule is CCSc1nc(N)c2c3c(sc2n1)CCCCCC3.O=C(O)C(F)(F)F. The number of nitrogen functional groups attached to an aromatic ring is 1. The zero-order chi connectivity index (χ0) is 19.3. The van der Waals surface area contributed by atoms with E-state index in [-0.39, 0.29) is 0 Å². The largest absolute Gasteiger partial charge is 0.490 e. The summed E-state index contributed by atoms with van der Waals surface area (Å²) in [5.74, 6) is -1.10. The summed E-state index contributed by atoms with van der Waals surface area (Å²) < 4.78 is 31.7. The summed E-state index contributed by atoms with van der Waals surface area (Å²) in [6, 6.07) is 0. The van der Waals surface area contributed by atoms with Gasteiger partial charge in [0.05, 0.1) is 5.39 Å². The van der Waals surface area contributed by atoms with Gasteiger partial charge in [-0.05, 0) is 37.0 Å². The topological polar surface area (TPSA) is 89.1 Å². The van der Waals surface area contributed by atoms with Crippen molar-refractivity contribution in [2.45, 2.75) is 56.8 Å². The Morgan fingerprint density at radius 1 is 1.23 bits per heavy atom. The van der Waals surface area contributed by atoms with E-state index >= 15 is 0 Å². The van der Waals surface area contributed by atoms with E-state index in [0.717, 1.165) is 27.5 Å². The number of aliphatic carboxylic acids is 1. The third-order valence-corrected chi connectivity index (χ3v) is 5.75. The molecule has 3 N–H and O–H groups in total. The maximum Gasteiger partial charge on any atom is 0.490 e. The van der Waals surface area contributed by atoms with Gasteiger partial charge in [0.15, 0.2) is 5.16 Å². The van der Waals surface area contributed by atoms with Crippen molar-refractivity contribution in [2.24, 2.45) is 0 Å². The Hall–Kier alpha value is -1.55. The summed E-state index contributed by atoms with van der Waals surface area (Å²) in [4.78, 5) is 20.6. The van der Waals surface area contributed by atoms with Gasteiger partial charge in [-0.15, -0.1) is 11.3 Å². The minimum atomic E-state index is -5.08. The molecule has 0 aliphatic heterocycles. The maximum atomic E-state index is 10.6. The average Bonchev–Trinajstić information content (AvgIpc) is 2.84. The molecule has 3 rings (SSSR count). The number of hydrogen-bond donors (Lipinski definition) is 2. The van der Waals surface area contributed by atoms with Gasteiger partial charge in [0.1, 0.15) is 10.6 Å². The van der Waals surface area contributed by atoms with Crippen molar-refractivity contribution in [3.05, 3.63) is 10.4 Å². The first-order valence-corrected chi connectivity index (χ1v) is 10.0. The standard InChI is InChI=1S/C14H19N3S2.C2HF3O2/c1-2-18-14-16-12(15)11-9-7-5-3-4-6-8-10(9)19-13(11)17-14;3-2(4,5)1(6)7/h2-8H2,1H3,(H2,15,16,17);(H,6,7). The number of hydrogen-bond acceptors (Lipinski definition) is 6. The van der Waals surface area contributed by atoms with E-state index in [1.165, 1.54) is 42.5 Å². The number of thiophene rings is 1. The molecule has 10 heteroatoms. The van der Waals surface area contributed by atoms with Crippen LogP contribution < -0.4 is 5.73 Å². The number of halogens is 3. The Bertz CT molecular complexity index is 778. The van der Waals surface area contributed by atoms with Crippen LogP contribution in [0.15, 0.2) is 5.16 Å². The number of nitrogens with two attached hydrogens (primary N) is 1. The summed E-state index contributed by atoms with van der Waals surface area (Å²) in [5, 5.41) is 9.09. The zero-order valence-corrected chi connectivity index (χ0v) is 15.9. The molecule has 144 valence electrons. The summed E-state index contributed by atoms with van der Waals surface area (Å²) in [6.07, 6.45) is 2.50.